The van der Waals surface area contributed by atoms with E-state index in [4.69, 9.17) is 5.73 Å². The van der Waals surface area contributed by atoms with Crippen molar-refractivity contribution >= 4 is 0 Å². The minimum Gasteiger partial charge on any atom is -0.508 e. The van der Waals surface area contributed by atoms with Crippen molar-refractivity contribution in [3.05, 3.63) is 53.6 Å². The highest BCUT2D eigenvalue weighted by atomic mass is 16.3. The van der Waals surface area contributed by atoms with Crippen LogP contribution in [0, 0.1) is 6.92 Å². The van der Waals surface area contributed by atoms with Gasteiger partial charge in [-0.15, -0.1) is 0 Å². The zero-order chi connectivity index (χ0) is 11.5. The summed E-state index contributed by atoms with van der Waals surface area (Å²) in [6, 6.07) is 13.4. The van der Waals surface area contributed by atoms with E-state index in [-0.39, 0.29) is 5.75 Å². The van der Waals surface area contributed by atoms with Crippen LogP contribution in [-0.4, -0.2) is 5.11 Å². The Morgan fingerprint density at radius 3 is 2.50 bits per heavy atom. The maximum absolute atomic E-state index is 9.43. The predicted molar refractivity (Wildman–Crippen MR) is 66.2 cm³/mol. The van der Waals surface area contributed by atoms with E-state index in [1.165, 1.54) is 5.56 Å². The molecule has 2 nitrogen and oxygen atoms in total. The number of nitrogens with two attached hydrogens (primary N) is 1. The van der Waals surface area contributed by atoms with Gasteiger partial charge in [0.15, 0.2) is 0 Å². The average Bonchev–Trinajstić information content (AvgIpc) is 2.29. The van der Waals surface area contributed by atoms with Crippen molar-refractivity contribution in [1.82, 2.24) is 0 Å². The topological polar surface area (TPSA) is 46.2 Å². The average molecular weight is 213 g/mol. The Kier molecular flexibility index (Phi) is 2.93. The normalized spacial score (nSPS) is 10.4. The SMILES string of the molecule is Cc1ccc(-c2cccc(O)c2)cc1CN. The molecule has 0 heterocycles. The van der Waals surface area contributed by atoms with Crippen LogP contribution in [-0.2, 0) is 6.54 Å². The molecule has 0 aliphatic carbocycles. The van der Waals surface area contributed by atoms with E-state index in [0.717, 1.165) is 16.7 Å². The van der Waals surface area contributed by atoms with Crippen LogP contribution in [0.2, 0.25) is 0 Å². The molecule has 0 atom stereocenters. The van der Waals surface area contributed by atoms with E-state index in [1.54, 1.807) is 12.1 Å². The second-order valence-corrected chi connectivity index (χ2v) is 3.90. The molecular formula is C14H15NO. The van der Waals surface area contributed by atoms with Gasteiger partial charge in [0.05, 0.1) is 0 Å². The number of hydrogen-bond acceptors (Lipinski definition) is 2. The minimum absolute atomic E-state index is 0.285. The first-order valence-corrected chi connectivity index (χ1v) is 5.29. The number of phenolic OH excluding ortho intramolecular Hbond substituents is 1. The molecular weight excluding hydrogens is 198 g/mol. The van der Waals surface area contributed by atoms with Gasteiger partial charge in [-0.2, -0.15) is 0 Å². The molecule has 0 radical (unpaired) electrons. The van der Waals surface area contributed by atoms with Crippen molar-refractivity contribution in [3.63, 3.8) is 0 Å². The lowest BCUT2D eigenvalue weighted by Crippen LogP contribution is -1.99. The van der Waals surface area contributed by atoms with Gasteiger partial charge in [0.1, 0.15) is 5.75 Å². The maximum atomic E-state index is 9.43. The Morgan fingerprint density at radius 1 is 1.06 bits per heavy atom. The number of benzene rings is 2. The highest BCUT2D eigenvalue weighted by molar-refractivity contribution is 5.66. The van der Waals surface area contributed by atoms with Gasteiger partial charge in [-0.1, -0.05) is 24.3 Å². The molecule has 16 heavy (non-hydrogen) atoms. The second-order valence-electron chi connectivity index (χ2n) is 3.90. The maximum Gasteiger partial charge on any atom is 0.116 e. The number of aryl methyl sites for hydroxylation is 1. The Bertz CT molecular complexity index is 506. The summed E-state index contributed by atoms with van der Waals surface area (Å²) in [6.45, 7) is 2.59. The fourth-order valence-corrected chi connectivity index (χ4v) is 1.76. The van der Waals surface area contributed by atoms with E-state index in [0.29, 0.717) is 6.54 Å². The second kappa shape index (κ2) is 4.37. The molecule has 0 fully saturated rings. The highest BCUT2D eigenvalue weighted by Crippen LogP contribution is 2.25. The van der Waals surface area contributed by atoms with Gasteiger partial charge in [-0.3, -0.25) is 0 Å². The van der Waals surface area contributed by atoms with Crippen molar-refractivity contribution < 1.29 is 5.11 Å². The Balaban J connectivity index is 2.48. The van der Waals surface area contributed by atoms with Gasteiger partial charge in [0.25, 0.3) is 0 Å². The van der Waals surface area contributed by atoms with Crippen LogP contribution in [0.1, 0.15) is 11.1 Å². The number of rotatable bonds is 2. The van der Waals surface area contributed by atoms with Crippen LogP contribution < -0.4 is 5.73 Å². The molecule has 0 aromatic heterocycles. The summed E-state index contributed by atoms with van der Waals surface area (Å²) in [5.74, 6) is 0.285. The van der Waals surface area contributed by atoms with E-state index < -0.39 is 0 Å². The third-order valence-electron chi connectivity index (χ3n) is 2.75. The lowest BCUT2D eigenvalue weighted by Gasteiger charge is -2.07. The first kappa shape index (κ1) is 10.7. The van der Waals surface area contributed by atoms with E-state index >= 15 is 0 Å². The van der Waals surface area contributed by atoms with Crippen LogP contribution in [0.5, 0.6) is 5.75 Å². The van der Waals surface area contributed by atoms with Gasteiger partial charge in [0.2, 0.25) is 0 Å². The zero-order valence-corrected chi connectivity index (χ0v) is 9.27. The molecule has 2 aromatic rings. The number of aromatic hydroxyl groups is 1. The third-order valence-corrected chi connectivity index (χ3v) is 2.75. The summed E-state index contributed by atoms with van der Waals surface area (Å²) in [6.07, 6.45) is 0. The summed E-state index contributed by atoms with van der Waals surface area (Å²) in [5, 5.41) is 9.43. The first-order valence-electron chi connectivity index (χ1n) is 5.29. The van der Waals surface area contributed by atoms with Crippen LogP contribution in [0.4, 0.5) is 0 Å². The van der Waals surface area contributed by atoms with E-state index in [9.17, 15) is 5.11 Å². The Hall–Kier alpha value is -1.80. The molecule has 0 aliphatic rings. The minimum atomic E-state index is 0.285. The molecule has 82 valence electrons. The summed E-state index contributed by atoms with van der Waals surface area (Å²) >= 11 is 0. The highest BCUT2D eigenvalue weighted by Gasteiger charge is 2.02. The van der Waals surface area contributed by atoms with Gasteiger partial charge in [-0.25, -0.2) is 0 Å². The quantitative estimate of drug-likeness (QED) is 0.805. The van der Waals surface area contributed by atoms with E-state index in [1.807, 2.05) is 18.2 Å². The molecule has 0 unspecified atom stereocenters. The molecule has 0 bridgehead atoms. The molecule has 3 N–H and O–H groups in total. The van der Waals surface area contributed by atoms with E-state index in [2.05, 4.69) is 19.1 Å². The fourth-order valence-electron chi connectivity index (χ4n) is 1.76. The standard InChI is InChI=1S/C14H15NO/c1-10-5-6-12(7-13(10)9-15)11-3-2-4-14(16)8-11/h2-8,16H,9,15H2,1H3. The zero-order valence-electron chi connectivity index (χ0n) is 9.27. The van der Waals surface area contributed by atoms with Crippen molar-refractivity contribution in [3.8, 4) is 16.9 Å². The summed E-state index contributed by atoms with van der Waals surface area (Å²) in [4.78, 5) is 0. The molecule has 2 heteroatoms. The first-order chi connectivity index (χ1) is 7.70. The van der Waals surface area contributed by atoms with Gasteiger partial charge >= 0.3 is 0 Å². The van der Waals surface area contributed by atoms with Crippen LogP contribution in [0.15, 0.2) is 42.5 Å². The lowest BCUT2D eigenvalue weighted by atomic mass is 10.00. The van der Waals surface area contributed by atoms with Crippen molar-refractivity contribution in [1.29, 1.82) is 0 Å². The summed E-state index contributed by atoms with van der Waals surface area (Å²) in [5.41, 5.74) is 10.1. The lowest BCUT2D eigenvalue weighted by molar-refractivity contribution is 0.475. The van der Waals surface area contributed by atoms with Crippen LogP contribution in [0.25, 0.3) is 11.1 Å². The Morgan fingerprint density at radius 2 is 1.81 bits per heavy atom. The summed E-state index contributed by atoms with van der Waals surface area (Å²) in [7, 11) is 0. The van der Waals surface area contributed by atoms with Crippen LogP contribution >= 0.6 is 0 Å². The molecule has 0 amide bonds. The third kappa shape index (κ3) is 2.07. The van der Waals surface area contributed by atoms with Crippen molar-refractivity contribution in [2.75, 3.05) is 0 Å². The van der Waals surface area contributed by atoms with Crippen molar-refractivity contribution in [2.24, 2.45) is 5.73 Å². The monoisotopic (exact) mass is 213 g/mol. The fraction of sp³-hybridized carbons (Fsp3) is 0.143. The largest absolute Gasteiger partial charge is 0.508 e. The predicted octanol–water partition coefficient (Wildman–Crippen LogP) is 2.83. The molecule has 0 aliphatic heterocycles. The molecule has 0 spiro atoms. The number of phenols is 1. The number of hydrogen-bond donors (Lipinski definition) is 2. The molecule has 0 saturated carbocycles. The molecule has 2 aromatic carbocycles. The van der Waals surface area contributed by atoms with Gasteiger partial charge < -0.3 is 10.8 Å². The smallest absolute Gasteiger partial charge is 0.116 e. The molecule has 0 saturated heterocycles. The Labute approximate surface area is 95.4 Å². The van der Waals surface area contributed by atoms with Gasteiger partial charge in [-0.05, 0) is 47.4 Å². The summed E-state index contributed by atoms with van der Waals surface area (Å²) < 4.78 is 0. The molecule has 2 rings (SSSR count). The van der Waals surface area contributed by atoms with Crippen LogP contribution in [0.3, 0.4) is 0 Å². The van der Waals surface area contributed by atoms with Gasteiger partial charge in [0, 0.05) is 6.54 Å². The van der Waals surface area contributed by atoms with Crippen molar-refractivity contribution in [2.45, 2.75) is 13.5 Å².